The number of thioether (sulfide) groups is 1. The molecule has 5 nitrogen and oxygen atoms in total. The molecule has 1 aliphatic rings. The number of piperidine rings is 1. The van der Waals surface area contributed by atoms with E-state index in [0.717, 1.165) is 74.8 Å². The highest BCUT2D eigenvalue weighted by Crippen LogP contribution is 2.17. The summed E-state index contributed by atoms with van der Waals surface area (Å²) in [6.45, 7) is 7.25. The summed E-state index contributed by atoms with van der Waals surface area (Å²) < 4.78 is 13.5. The van der Waals surface area contributed by atoms with Crippen LogP contribution in [0.15, 0.2) is 23.2 Å². The summed E-state index contributed by atoms with van der Waals surface area (Å²) in [5, 5.41) is 16.2. The molecule has 1 aromatic carbocycles. The van der Waals surface area contributed by atoms with Crippen LogP contribution in [0.1, 0.15) is 37.3 Å². The molecule has 0 aliphatic carbocycles. The van der Waals surface area contributed by atoms with Crippen molar-refractivity contribution in [3.8, 4) is 0 Å². The van der Waals surface area contributed by atoms with E-state index in [0.29, 0.717) is 6.54 Å². The van der Waals surface area contributed by atoms with Crippen molar-refractivity contribution in [2.75, 3.05) is 39.0 Å². The van der Waals surface area contributed by atoms with Gasteiger partial charge in [-0.2, -0.15) is 11.8 Å². The number of hydrogen-bond acceptors (Lipinski definition) is 4. The third kappa shape index (κ3) is 9.28. The molecule has 0 spiro atoms. The van der Waals surface area contributed by atoms with Crippen molar-refractivity contribution in [2.24, 2.45) is 4.99 Å². The molecule has 3 N–H and O–H groups in total. The first-order valence-corrected chi connectivity index (χ1v) is 11.2. The van der Waals surface area contributed by atoms with Crippen LogP contribution in [0.5, 0.6) is 0 Å². The molecule has 0 unspecified atom stereocenters. The normalized spacial score (nSPS) is 15.9. The monoisotopic (exact) mass is 524 g/mol. The maximum Gasteiger partial charge on any atom is 0.191 e. The number of nitrogens with zero attached hydrogens (tertiary/aromatic N) is 2. The van der Waals surface area contributed by atoms with E-state index in [2.05, 4.69) is 20.5 Å². The average Bonchev–Trinajstić information content (AvgIpc) is 2.66. The number of nitrogens with one attached hydrogen (secondary N) is 2. The summed E-state index contributed by atoms with van der Waals surface area (Å²) in [4.78, 5) is 7.08. The van der Waals surface area contributed by atoms with Gasteiger partial charge in [-0.3, -0.25) is 0 Å². The van der Waals surface area contributed by atoms with Gasteiger partial charge >= 0.3 is 0 Å². The molecule has 0 amide bonds. The highest BCUT2D eigenvalue weighted by molar-refractivity contribution is 14.0. The lowest BCUT2D eigenvalue weighted by atomic mass is 10.1. The highest BCUT2D eigenvalue weighted by atomic mass is 127. The predicted octanol–water partition coefficient (Wildman–Crippen LogP) is 3.21. The van der Waals surface area contributed by atoms with Crippen molar-refractivity contribution >= 4 is 41.7 Å². The smallest absolute Gasteiger partial charge is 0.191 e. The number of guanidine groups is 1. The summed E-state index contributed by atoms with van der Waals surface area (Å²) in [6, 6.07) is 4.95. The molecule has 1 heterocycles. The number of aliphatic hydroxyl groups excluding tert-OH is 1. The summed E-state index contributed by atoms with van der Waals surface area (Å²) in [5.74, 6) is 1.39. The zero-order valence-electron chi connectivity index (χ0n) is 16.9. The lowest BCUT2D eigenvalue weighted by Gasteiger charge is -2.29. The number of likely N-dealkylation sites (tertiary alicyclic amines) is 1. The second-order valence-electron chi connectivity index (χ2n) is 6.89. The van der Waals surface area contributed by atoms with Crippen LogP contribution < -0.4 is 10.6 Å². The minimum absolute atomic E-state index is 0. The van der Waals surface area contributed by atoms with Crippen molar-refractivity contribution in [3.05, 3.63) is 35.1 Å². The van der Waals surface area contributed by atoms with Crippen molar-refractivity contribution in [3.63, 3.8) is 0 Å². The standard InChI is InChI=1S/C20H33FN4OS.HI/c1-3-22-20(23-9-4-10-25-11-7-19(26)8-12-25)24-14-16-5-6-18(21)13-17(16)15-27-2;/h5-6,13,19,26H,3-4,7-12,14-15H2,1-2H3,(H2,22,23,24);1H. The molecule has 1 aromatic rings. The number of benzene rings is 1. The van der Waals surface area contributed by atoms with E-state index in [9.17, 15) is 9.50 Å². The topological polar surface area (TPSA) is 59.9 Å². The average molecular weight is 524 g/mol. The Morgan fingerprint density at radius 2 is 2.04 bits per heavy atom. The van der Waals surface area contributed by atoms with Gasteiger partial charge in [0.25, 0.3) is 0 Å². The van der Waals surface area contributed by atoms with Gasteiger partial charge in [-0.1, -0.05) is 6.07 Å². The molecular weight excluding hydrogens is 490 g/mol. The fourth-order valence-electron chi connectivity index (χ4n) is 3.20. The zero-order chi connectivity index (χ0) is 19.5. The molecular formula is C20H34FIN4OS. The van der Waals surface area contributed by atoms with Gasteiger partial charge in [0.05, 0.1) is 12.6 Å². The van der Waals surface area contributed by atoms with Crippen LogP contribution in [0.3, 0.4) is 0 Å². The number of rotatable bonds is 9. The lowest BCUT2D eigenvalue weighted by Crippen LogP contribution is -2.40. The molecule has 160 valence electrons. The van der Waals surface area contributed by atoms with Crippen LogP contribution in [0.25, 0.3) is 0 Å². The summed E-state index contributed by atoms with van der Waals surface area (Å²) in [7, 11) is 0. The van der Waals surface area contributed by atoms with Gasteiger partial charge in [0.1, 0.15) is 5.82 Å². The fraction of sp³-hybridized carbons (Fsp3) is 0.650. The molecule has 2 rings (SSSR count). The third-order valence-electron chi connectivity index (χ3n) is 4.72. The van der Waals surface area contributed by atoms with E-state index >= 15 is 0 Å². The second kappa shape index (κ2) is 14.4. The van der Waals surface area contributed by atoms with E-state index in [-0.39, 0.29) is 35.9 Å². The molecule has 0 atom stereocenters. The van der Waals surface area contributed by atoms with Gasteiger partial charge in [0.2, 0.25) is 0 Å². The molecule has 1 saturated heterocycles. The van der Waals surface area contributed by atoms with Crippen LogP contribution in [0.2, 0.25) is 0 Å². The van der Waals surface area contributed by atoms with Crippen molar-refractivity contribution in [1.29, 1.82) is 0 Å². The summed E-state index contributed by atoms with van der Waals surface area (Å²) >= 11 is 1.69. The van der Waals surface area contributed by atoms with E-state index in [1.54, 1.807) is 17.8 Å². The molecule has 28 heavy (non-hydrogen) atoms. The molecule has 0 radical (unpaired) electrons. The van der Waals surface area contributed by atoms with Gasteiger partial charge in [-0.25, -0.2) is 9.38 Å². The van der Waals surface area contributed by atoms with Gasteiger partial charge in [-0.15, -0.1) is 24.0 Å². The maximum atomic E-state index is 13.5. The Hall–Kier alpha value is -0.580. The van der Waals surface area contributed by atoms with Gasteiger partial charge in [-0.05, 0) is 62.2 Å². The Bertz CT molecular complexity index is 598. The quantitative estimate of drug-likeness (QED) is 0.201. The maximum absolute atomic E-state index is 13.5. The van der Waals surface area contributed by atoms with Crippen molar-refractivity contribution in [2.45, 2.75) is 44.6 Å². The Labute approximate surface area is 190 Å². The van der Waals surface area contributed by atoms with Crippen molar-refractivity contribution < 1.29 is 9.50 Å². The SMILES string of the molecule is CCNC(=NCc1ccc(F)cc1CSC)NCCCN1CCC(O)CC1.I. The van der Waals surface area contributed by atoms with E-state index < -0.39 is 0 Å². The Kier molecular flexibility index (Phi) is 13.1. The van der Waals surface area contributed by atoms with Gasteiger partial charge in [0, 0.05) is 31.9 Å². The zero-order valence-corrected chi connectivity index (χ0v) is 20.1. The van der Waals surface area contributed by atoms with Crippen LogP contribution >= 0.6 is 35.7 Å². The van der Waals surface area contributed by atoms with E-state index in [1.165, 1.54) is 6.07 Å². The number of halogens is 2. The minimum Gasteiger partial charge on any atom is -0.393 e. The minimum atomic E-state index is -0.193. The Morgan fingerprint density at radius 3 is 2.71 bits per heavy atom. The number of aliphatic imine (C=N–C) groups is 1. The largest absolute Gasteiger partial charge is 0.393 e. The highest BCUT2D eigenvalue weighted by Gasteiger charge is 2.16. The summed E-state index contributed by atoms with van der Waals surface area (Å²) in [5.41, 5.74) is 2.07. The number of aliphatic hydroxyl groups is 1. The fourth-order valence-corrected chi connectivity index (χ4v) is 3.78. The first kappa shape index (κ1) is 25.5. The van der Waals surface area contributed by atoms with Gasteiger partial charge < -0.3 is 20.6 Å². The molecule has 0 saturated carbocycles. The molecule has 1 aliphatic heterocycles. The van der Waals surface area contributed by atoms with Crippen LogP contribution in [-0.4, -0.2) is 61.0 Å². The lowest BCUT2D eigenvalue weighted by molar-refractivity contribution is 0.0823. The van der Waals surface area contributed by atoms with Crippen LogP contribution in [0, 0.1) is 5.82 Å². The predicted molar refractivity (Wildman–Crippen MR) is 128 cm³/mol. The molecule has 8 heteroatoms. The Balaban J connectivity index is 0.00000392. The van der Waals surface area contributed by atoms with E-state index in [1.807, 2.05) is 19.2 Å². The van der Waals surface area contributed by atoms with Crippen LogP contribution in [0.4, 0.5) is 4.39 Å². The summed E-state index contributed by atoms with van der Waals surface area (Å²) in [6.07, 6.45) is 4.71. The molecule has 1 fully saturated rings. The second-order valence-corrected chi connectivity index (χ2v) is 7.76. The number of hydrogen-bond donors (Lipinski definition) is 3. The molecule has 0 aromatic heterocycles. The van der Waals surface area contributed by atoms with E-state index in [4.69, 9.17) is 0 Å². The van der Waals surface area contributed by atoms with Crippen molar-refractivity contribution in [1.82, 2.24) is 15.5 Å². The Morgan fingerprint density at radius 1 is 1.29 bits per heavy atom. The third-order valence-corrected chi connectivity index (χ3v) is 5.32. The first-order chi connectivity index (χ1) is 13.1. The molecule has 0 bridgehead atoms. The van der Waals surface area contributed by atoms with Crippen LogP contribution in [-0.2, 0) is 12.3 Å². The first-order valence-electron chi connectivity index (χ1n) is 9.81. The van der Waals surface area contributed by atoms with Gasteiger partial charge in [0.15, 0.2) is 5.96 Å².